The van der Waals surface area contributed by atoms with E-state index in [9.17, 15) is 13.2 Å². The summed E-state index contributed by atoms with van der Waals surface area (Å²) >= 11 is 0. The van der Waals surface area contributed by atoms with Gasteiger partial charge in [0.2, 0.25) is 0 Å². The van der Waals surface area contributed by atoms with Gasteiger partial charge in [-0.15, -0.1) is 13.2 Å². The maximum absolute atomic E-state index is 12.3. The average Bonchev–Trinajstić information content (AvgIpc) is 2.93. The first-order valence-corrected chi connectivity index (χ1v) is 10.8. The van der Waals surface area contributed by atoms with E-state index in [0.717, 1.165) is 57.1 Å². The minimum Gasteiger partial charge on any atom is -0.427 e. The Morgan fingerprint density at radius 1 is 1.12 bits per heavy atom. The lowest BCUT2D eigenvalue weighted by Gasteiger charge is -2.41. The molecule has 2 bridgehead atoms. The Hall–Kier alpha value is -1.91. The Kier molecular flexibility index (Phi) is 10.2. The van der Waals surface area contributed by atoms with Crippen molar-refractivity contribution in [2.45, 2.75) is 82.3 Å². The average molecular weight is 458 g/mol. The highest BCUT2D eigenvalue weighted by Gasteiger charge is 2.42. The Bertz CT molecular complexity index is 715. The first-order valence-electron chi connectivity index (χ1n) is 10.8. The van der Waals surface area contributed by atoms with Crippen molar-refractivity contribution < 1.29 is 37.5 Å². The number of nitrogens with two attached hydrogens (primary N) is 1. The lowest BCUT2D eigenvalue weighted by molar-refractivity contribution is -0.274. The van der Waals surface area contributed by atoms with Gasteiger partial charge < -0.3 is 20.5 Å². The standard InChI is InChI=1S/C20H30BF3N2O3.CO2/c22-20(23,24)29-18-8-4-14(5-9-18)13-26-16-6-7-17(26)12-15(11-16)19(25)3-1-2-10-21(27)28;2-1-3/h4-5,8-9,15-17,19,27-28H,1-3,6-7,10-13,25H2;. The SMILES string of the molecule is NC(CCCCB(O)O)C1CC2CCC(C1)N2Cc1ccc(OC(F)(F)F)cc1.O=C=O. The molecule has 2 aliphatic rings. The predicted octanol–water partition coefficient (Wildman–Crippen LogP) is 2.72. The summed E-state index contributed by atoms with van der Waals surface area (Å²) in [6, 6.07) is 7.22. The maximum Gasteiger partial charge on any atom is 0.573 e. The summed E-state index contributed by atoms with van der Waals surface area (Å²) in [4.78, 5) is 18.7. The first-order chi connectivity index (χ1) is 15.1. The molecule has 3 atom stereocenters. The molecule has 3 unspecified atom stereocenters. The van der Waals surface area contributed by atoms with Crippen LogP contribution < -0.4 is 10.5 Å². The van der Waals surface area contributed by atoms with E-state index < -0.39 is 13.5 Å². The number of carbonyl (C=O) groups excluding carboxylic acids is 2. The van der Waals surface area contributed by atoms with Crippen LogP contribution in [0.2, 0.25) is 6.32 Å². The van der Waals surface area contributed by atoms with Gasteiger partial charge in [0.05, 0.1) is 0 Å². The summed E-state index contributed by atoms with van der Waals surface area (Å²) in [6.07, 6.45) is 2.93. The third-order valence-electron chi connectivity index (χ3n) is 6.30. The van der Waals surface area contributed by atoms with Crippen LogP contribution in [0.3, 0.4) is 0 Å². The number of benzene rings is 1. The lowest BCUT2D eigenvalue weighted by atomic mass is 9.80. The normalized spacial score (nSPS) is 23.6. The van der Waals surface area contributed by atoms with Crippen LogP contribution in [-0.4, -0.2) is 52.7 Å². The molecule has 32 heavy (non-hydrogen) atoms. The number of hydrogen-bond acceptors (Lipinski definition) is 7. The summed E-state index contributed by atoms with van der Waals surface area (Å²) in [5.74, 6) is 0.285. The number of ether oxygens (including phenoxy) is 1. The molecule has 11 heteroatoms. The van der Waals surface area contributed by atoms with Gasteiger partial charge in [-0.2, -0.15) is 9.59 Å². The maximum atomic E-state index is 12.3. The zero-order valence-corrected chi connectivity index (χ0v) is 17.8. The Morgan fingerprint density at radius 2 is 1.69 bits per heavy atom. The number of hydrogen-bond donors (Lipinski definition) is 3. The highest BCUT2D eigenvalue weighted by Crippen LogP contribution is 2.41. The van der Waals surface area contributed by atoms with Gasteiger partial charge in [0.1, 0.15) is 5.75 Å². The monoisotopic (exact) mass is 458 g/mol. The molecule has 4 N–H and O–H groups in total. The summed E-state index contributed by atoms with van der Waals surface area (Å²) in [5, 5.41) is 17.8. The molecule has 0 saturated carbocycles. The quantitative estimate of drug-likeness (QED) is 0.385. The molecule has 2 aliphatic heterocycles. The molecule has 1 aromatic rings. The molecule has 0 amide bonds. The topological polar surface area (TPSA) is 113 Å². The number of halogens is 3. The van der Waals surface area contributed by atoms with E-state index in [1.165, 1.54) is 12.1 Å². The summed E-state index contributed by atoms with van der Waals surface area (Å²) in [6.45, 7) is 0.734. The molecule has 178 valence electrons. The molecule has 2 fully saturated rings. The molecule has 2 heterocycles. The third kappa shape index (κ3) is 8.56. The highest BCUT2D eigenvalue weighted by atomic mass is 19.4. The number of fused-ring (bicyclic) bond motifs is 2. The molecule has 0 aliphatic carbocycles. The van der Waals surface area contributed by atoms with Gasteiger partial charge in [-0.05, 0) is 62.0 Å². The fourth-order valence-corrected chi connectivity index (χ4v) is 4.87. The van der Waals surface area contributed by atoms with Crippen LogP contribution in [0.25, 0.3) is 0 Å². The van der Waals surface area contributed by atoms with E-state index in [1.54, 1.807) is 12.1 Å². The van der Waals surface area contributed by atoms with Crippen molar-refractivity contribution in [3.8, 4) is 5.75 Å². The van der Waals surface area contributed by atoms with Crippen LogP contribution in [0.5, 0.6) is 5.75 Å². The van der Waals surface area contributed by atoms with Crippen molar-refractivity contribution in [1.82, 2.24) is 4.90 Å². The van der Waals surface area contributed by atoms with Crippen molar-refractivity contribution in [2.75, 3.05) is 0 Å². The van der Waals surface area contributed by atoms with Crippen LogP contribution in [0, 0.1) is 5.92 Å². The molecule has 2 saturated heterocycles. The molecular formula is C21H30BF3N2O5. The van der Waals surface area contributed by atoms with Gasteiger partial charge in [0.25, 0.3) is 0 Å². The zero-order valence-electron chi connectivity index (χ0n) is 17.8. The van der Waals surface area contributed by atoms with Gasteiger partial charge in [0.15, 0.2) is 0 Å². The number of piperidine rings is 1. The molecular weight excluding hydrogens is 428 g/mol. The fourth-order valence-electron chi connectivity index (χ4n) is 4.87. The number of alkyl halides is 3. The Labute approximate surface area is 185 Å². The van der Waals surface area contributed by atoms with E-state index in [4.69, 9.17) is 25.4 Å². The van der Waals surface area contributed by atoms with E-state index in [0.29, 0.717) is 24.3 Å². The molecule has 0 aromatic heterocycles. The number of rotatable bonds is 9. The number of nitrogens with zero attached hydrogens (tertiary/aromatic N) is 1. The summed E-state index contributed by atoms with van der Waals surface area (Å²) < 4.78 is 40.8. The second kappa shape index (κ2) is 12.4. The lowest BCUT2D eigenvalue weighted by Crippen LogP contribution is -2.46. The van der Waals surface area contributed by atoms with E-state index in [1.807, 2.05) is 0 Å². The first kappa shape index (κ1) is 26.3. The minimum absolute atomic E-state index is 0.134. The van der Waals surface area contributed by atoms with Crippen molar-refractivity contribution in [3.05, 3.63) is 29.8 Å². The molecule has 3 rings (SSSR count). The smallest absolute Gasteiger partial charge is 0.427 e. The van der Waals surface area contributed by atoms with Gasteiger partial charge in [-0.3, -0.25) is 4.90 Å². The van der Waals surface area contributed by atoms with Crippen molar-refractivity contribution in [1.29, 1.82) is 0 Å². The van der Waals surface area contributed by atoms with E-state index in [-0.39, 0.29) is 17.9 Å². The molecule has 0 spiro atoms. The van der Waals surface area contributed by atoms with Crippen LogP contribution in [-0.2, 0) is 16.1 Å². The molecule has 7 nitrogen and oxygen atoms in total. The molecule has 1 aromatic carbocycles. The van der Waals surface area contributed by atoms with E-state index in [2.05, 4.69) is 9.64 Å². The van der Waals surface area contributed by atoms with Gasteiger partial charge in [-0.25, -0.2) is 0 Å². The van der Waals surface area contributed by atoms with Crippen molar-refractivity contribution in [2.24, 2.45) is 11.7 Å². The Morgan fingerprint density at radius 3 is 2.19 bits per heavy atom. The second-order valence-corrected chi connectivity index (χ2v) is 8.49. The zero-order chi connectivity index (χ0) is 23.7. The largest absolute Gasteiger partial charge is 0.573 e. The summed E-state index contributed by atoms with van der Waals surface area (Å²) in [7, 11) is -1.24. The second-order valence-electron chi connectivity index (χ2n) is 8.49. The third-order valence-corrected chi connectivity index (χ3v) is 6.30. The van der Waals surface area contributed by atoms with Crippen molar-refractivity contribution >= 4 is 13.3 Å². The van der Waals surface area contributed by atoms with Gasteiger partial charge in [0, 0.05) is 24.7 Å². The predicted molar refractivity (Wildman–Crippen MR) is 110 cm³/mol. The summed E-state index contributed by atoms with van der Waals surface area (Å²) in [5.41, 5.74) is 7.42. The van der Waals surface area contributed by atoms with Crippen LogP contribution in [0.4, 0.5) is 13.2 Å². The Balaban J connectivity index is 0.00000114. The molecule has 0 radical (unpaired) electrons. The highest BCUT2D eigenvalue weighted by molar-refractivity contribution is 6.40. The van der Waals surface area contributed by atoms with Crippen LogP contribution >= 0.6 is 0 Å². The van der Waals surface area contributed by atoms with Gasteiger partial charge >= 0.3 is 19.6 Å². The fraction of sp³-hybridized carbons (Fsp3) is 0.667. The minimum atomic E-state index is -4.67. The number of unbranched alkanes of at least 4 members (excludes halogenated alkanes) is 1. The van der Waals surface area contributed by atoms with E-state index >= 15 is 0 Å². The van der Waals surface area contributed by atoms with Crippen molar-refractivity contribution in [3.63, 3.8) is 0 Å². The van der Waals surface area contributed by atoms with Crippen LogP contribution in [0.1, 0.15) is 50.5 Å². The van der Waals surface area contributed by atoms with Crippen LogP contribution in [0.15, 0.2) is 24.3 Å². The van der Waals surface area contributed by atoms with Gasteiger partial charge in [-0.1, -0.05) is 25.0 Å².